The first-order valence-electron chi connectivity index (χ1n) is 6.84. The van der Waals surface area contributed by atoms with Crippen molar-refractivity contribution in [1.29, 1.82) is 0 Å². The summed E-state index contributed by atoms with van der Waals surface area (Å²) in [5.74, 6) is 0. The third-order valence-electron chi connectivity index (χ3n) is 2.77. The summed E-state index contributed by atoms with van der Waals surface area (Å²) in [6, 6.07) is 2.51. The molecule has 0 bridgehead atoms. The predicted molar refractivity (Wildman–Crippen MR) is 77.0 cm³/mol. The summed E-state index contributed by atoms with van der Waals surface area (Å²) in [6.07, 6.45) is 0.148. The summed E-state index contributed by atoms with van der Waals surface area (Å²) in [6.45, 7) is 6.02. The van der Waals surface area contributed by atoms with Crippen LogP contribution in [0.5, 0.6) is 0 Å². The molecule has 0 radical (unpaired) electrons. The molecule has 0 saturated heterocycles. The highest BCUT2D eigenvalue weighted by Gasteiger charge is 2.30. The number of hydrogen-bond acceptors (Lipinski definition) is 3. The molecule has 2 nitrogen and oxygen atoms in total. The topological polar surface area (TPSA) is 24.9 Å². The zero-order chi connectivity index (χ0) is 15.0. The van der Waals surface area contributed by atoms with E-state index in [0.717, 1.165) is 31.8 Å². The van der Waals surface area contributed by atoms with E-state index >= 15 is 0 Å². The number of aromatic nitrogens is 1. The molecule has 114 valence electrons. The maximum atomic E-state index is 12.4. The fraction of sp³-hybridized carbons (Fsp3) is 0.643. The van der Waals surface area contributed by atoms with Crippen LogP contribution in [0.3, 0.4) is 0 Å². The van der Waals surface area contributed by atoms with Crippen LogP contribution in [0, 0.1) is 0 Å². The Morgan fingerprint density at radius 3 is 2.60 bits per heavy atom. The molecular formula is C14H21F3N2S. The number of unbranched alkanes of at least 4 members (excludes halogenated alkanes) is 2. The van der Waals surface area contributed by atoms with Crippen molar-refractivity contribution in [1.82, 2.24) is 10.3 Å². The SMILES string of the molecule is CCCCCNCC(C)Sc1ccc(C(F)(F)F)cn1. The van der Waals surface area contributed by atoms with Crippen LogP contribution in [-0.4, -0.2) is 23.3 Å². The molecule has 0 amide bonds. The molecule has 0 aromatic carbocycles. The van der Waals surface area contributed by atoms with Crippen LogP contribution in [0.2, 0.25) is 0 Å². The van der Waals surface area contributed by atoms with Crippen molar-refractivity contribution in [2.24, 2.45) is 0 Å². The van der Waals surface area contributed by atoms with Gasteiger partial charge >= 0.3 is 6.18 Å². The van der Waals surface area contributed by atoms with Gasteiger partial charge in [-0.2, -0.15) is 13.2 Å². The van der Waals surface area contributed by atoms with Crippen molar-refractivity contribution in [3.05, 3.63) is 23.9 Å². The number of pyridine rings is 1. The van der Waals surface area contributed by atoms with Gasteiger partial charge in [-0.25, -0.2) is 4.98 Å². The number of alkyl halides is 3. The number of nitrogens with one attached hydrogen (secondary N) is 1. The number of halogens is 3. The van der Waals surface area contributed by atoms with Crippen molar-refractivity contribution in [3.8, 4) is 0 Å². The lowest BCUT2D eigenvalue weighted by Gasteiger charge is -2.12. The number of nitrogens with zero attached hydrogens (tertiary/aromatic N) is 1. The van der Waals surface area contributed by atoms with Crippen LogP contribution in [0.1, 0.15) is 38.7 Å². The summed E-state index contributed by atoms with van der Waals surface area (Å²) >= 11 is 1.49. The van der Waals surface area contributed by atoms with Crippen LogP contribution < -0.4 is 5.32 Å². The zero-order valence-electron chi connectivity index (χ0n) is 11.8. The molecule has 1 rings (SSSR count). The van der Waals surface area contributed by atoms with E-state index in [2.05, 4.69) is 17.2 Å². The average molecular weight is 306 g/mol. The van der Waals surface area contributed by atoms with Crippen molar-refractivity contribution in [2.75, 3.05) is 13.1 Å². The molecule has 0 fully saturated rings. The fourth-order valence-electron chi connectivity index (χ4n) is 1.67. The molecule has 0 saturated carbocycles. The minimum absolute atomic E-state index is 0.279. The Bertz CT molecular complexity index is 379. The summed E-state index contributed by atoms with van der Waals surface area (Å²) in [5, 5.41) is 4.25. The molecular weight excluding hydrogens is 285 g/mol. The maximum Gasteiger partial charge on any atom is 0.417 e. The lowest BCUT2D eigenvalue weighted by atomic mass is 10.2. The van der Waals surface area contributed by atoms with Gasteiger partial charge in [0, 0.05) is 18.0 Å². The average Bonchev–Trinajstić information content (AvgIpc) is 2.38. The van der Waals surface area contributed by atoms with Gasteiger partial charge in [-0.05, 0) is 25.1 Å². The lowest BCUT2D eigenvalue weighted by Crippen LogP contribution is -2.23. The molecule has 1 heterocycles. The fourth-order valence-corrected chi connectivity index (χ4v) is 2.54. The van der Waals surface area contributed by atoms with Gasteiger partial charge in [0.05, 0.1) is 10.6 Å². The molecule has 6 heteroatoms. The maximum absolute atomic E-state index is 12.4. The third-order valence-corrected chi connectivity index (χ3v) is 3.83. The lowest BCUT2D eigenvalue weighted by molar-refractivity contribution is -0.137. The van der Waals surface area contributed by atoms with E-state index in [-0.39, 0.29) is 5.25 Å². The second kappa shape index (κ2) is 8.52. The number of rotatable bonds is 8. The van der Waals surface area contributed by atoms with E-state index in [1.165, 1.54) is 30.7 Å². The summed E-state index contributed by atoms with van der Waals surface area (Å²) in [4.78, 5) is 3.86. The Kier molecular flexibility index (Phi) is 7.37. The first-order valence-corrected chi connectivity index (χ1v) is 7.72. The van der Waals surface area contributed by atoms with Crippen molar-refractivity contribution < 1.29 is 13.2 Å². The first-order chi connectivity index (χ1) is 9.43. The smallest absolute Gasteiger partial charge is 0.316 e. The van der Waals surface area contributed by atoms with Crippen LogP contribution in [-0.2, 0) is 6.18 Å². The molecule has 1 aromatic heterocycles. The van der Waals surface area contributed by atoms with E-state index in [1.54, 1.807) is 0 Å². The van der Waals surface area contributed by atoms with Crippen LogP contribution in [0.15, 0.2) is 23.4 Å². The zero-order valence-corrected chi connectivity index (χ0v) is 12.7. The number of hydrogen-bond donors (Lipinski definition) is 1. The molecule has 1 aromatic rings. The Balaban J connectivity index is 2.33. The molecule has 0 aliphatic heterocycles. The van der Waals surface area contributed by atoms with Gasteiger partial charge in [0.2, 0.25) is 0 Å². The summed E-state index contributed by atoms with van der Waals surface area (Å²) < 4.78 is 37.2. The molecule has 0 spiro atoms. The molecule has 1 N–H and O–H groups in total. The molecule has 0 aliphatic carbocycles. The Morgan fingerprint density at radius 1 is 1.30 bits per heavy atom. The second-order valence-corrected chi connectivity index (χ2v) is 6.18. The molecule has 1 atom stereocenters. The highest BCUT2D eigenvalue weighted by Crippen LogP contribution is 2.30. The standard InChI is InChI=1S/C14H21F3N2S/c1-3-4-5-8-18-9-11(2)20-13-7-6-12(10-19-13)14(15,16)17/h6-7,10-11,18H,3-5,8-9H2,1-2H3. The van der Waals surface area contributed by atoms with Gasteiger partial charge in [0.15, 0.2) is 0 Å². The Hall–Kier alpha value is -0.750. The minimum atomic E-state index is -4.32. The first kappa shape index (κ1) is 17.3. The van der Waals surface area contributed by atoms with E-state index in [4.69, 9.17) is 0 Å². The van der Waals surface area contributed by atoms with Crippen LogP contribution in [0.25, 0.3) is 0 Å². The van der Waals surface area contributed by atoms with Gasteiger partial charge < -0.3 is 5.32 Å². The Morgan fingerprint density at radius 2 is 2.05 bits per heavy atom. The highest BCUT2D eigenvalue weighted by molar-refractivity contribution is 7.99. The van der Waals surface area contributed by atoms with Gasteiger partial charge in [-0.15, -0.1) is 11.8 Å². The molecule has 20 heavy (non-hydrogen) atoms. The quantitative estimate of drug-likeness (QED) is 0.570. The van der Waals surface area contributed by atoms with Crippen LogP contribution in [0.4, 0.5) is 13.2 Å². The van der Waals surface area contributed by atoms with E-state index < -0.39 is 11.7 Å². The summed E-state index contributed by atoms with van der Waals surface area (Å²) in [5.41, 5.74) is -0.702. The minimum Gasteiger partial charge on any atom is -0.316 e. The summed E-state index contributed by atoms with van der Waals surface area (Å²) in [7, 11) is 0. The van der Waals surface area contributed by atoms with E-state index in [0.29, 0.717) is 5.03 Å². The third kappa shape index (κ3) is 6.61. The largest absolute Gasteiger partial charge is 0.417 e. The van der Waals surface area contributed by atoms with Crippen LogP contribution >= 0.6 is 11.8 Å². The van der Waals surface area contributed by atoms with Crippen molar-refractivity contribution in [2.45, 2.75) is 49.6 Å². The van der Waals surface area contributed by atoms with E-state index in [9.17, 15) is 13.2 Å². The number of thioether (sulfide) groups is 1. The van der Waals surface area contributed by atoms with Crippen molar-refractivity contribution in [3.63, 3.8) is 0 Å². The second-order valence-electron chi connectivity index (χ2n) is 4.72. The van der Waals surface area contributed by atoms with Crippen molar-refractivity contribution >= 4 is 11.8 Å². The highest BCUT2D eigenvalue weighted by atomic mass is 32.2. The normalized spacial score (nSPS) is 13.4. The van der Waals surface area contributed by atoms with Gasteiger partial charge in [-0.1, -0.05) is 26.7 Å². The molecule has 1 unspecified atom stereocenters. The van der Waals surface area contributed by atoms with Gasteiger partial charge in [0.1, 0.15) is 0 Å². The monoisotopic (exact) mass is 306 g/mol. The van der Waals surface area contributed by atoms with Gasteiger partial charge in [0.25, 0.3) is 0 Å². The predicted octanol–water partition coefficient (Wildman–Crippen LogP) is 4.36. The van der Waals surface area contributed by atoms with Gasteiger partial charge in [-0.3, -0.25) is 0 Å². The Labute approximate surface area is 122 Å². The molecule has 0 aliphatic rings. The van der Waals surface area contributed by atoms with E-state index in [1.807, 2.05) is 6.92 Å².